The summed E-state index contributed by atoms with van der Waals surface area (Å²) in [5, 5.41) is 8.45. The van der Waals surface area contributed by atoms with Crippen LogP contribution in [0.4, 0.5) is 13.2 Å². The van der Waals surface area contributed by atoms with Crippen molar-refractivity contribution in [3.8, 4) is 0 Å². The van der Waals surface area contributed by atoms with Gasteiger partial charge in [-0.05, 0) is 6.92 Å². The van der Waals surface area contributed by atoms with Crippen LogP contribution in [0.2, 0.25) is 0 Å². The zero-order chi connectivity index (χ0) is 16.5. The third kappa shape index (κ3) is 13.0. The molecule has 0 heterocycles. The maximum atomic E-state index is 12.0. The van der Waals surface area contributed by atoms with Crippen molar-refractivity contribution in [3.63, 3.8) is 0 Å². The van der Waals surface area contributed by atoms with Crippen molar-refractivity contribution in [2.24, 2.45) is 10.4 Å². The smallest absolute Gasteiger partial charge is 0.357 e. The average Bonchev–Trinajstić information content (AvgIpc) is 2.31. The molecule has 0 fully saturated rings. The first-order valence-electron chi connectivity index (χ1n) is 6.93. The van der Waals surface area contributed by atoms with Gasteiger partial charge in [0.1, 0.15) is 0 Å². The quantitative estimate of drug-likeness (QED) is 0.258. The van der Waals surface area contributed by atoms with Crippen LogP contribution in [0.5, 0.6) is 0 Å². The Hall–Kier alpha value is -0.740. The van der Waals surface area contributed by atoms with E-state index in [1.807, 2.05) is 6.92 Å². The third-order valence-electron chi connectivity index (χ3n) is 2.39. The first-order chi connectivity index (χ1) is 9.56. The second-order valence-electron chi connectivity index (χ2n) is 5.56. The summed E-state index contributed by atoms with van der Waals surface area (Å²) in [6, 6.07) is 0. The summed E-state index contributed by atoms with van der Waals surface area (Å²) in [4.78, 5) is 15.4. The maximum Gasteiger partial charge on any atom is 0.390 e. The van der Waals surface area contributed by atoms with Crippen LogP contribution in [-0.4, -0.2) is 44.2 Å². The van der Waals surface area contributed by atoms with Gasteiger partial charge in [0.15, 0.2) is 5.96 Å². The van der Waals surface area contributed by atoms with Gasteiger partial charge in [-0.1, -0.05) is 20.8 Å². The minimum absolute atomic E-state index is 0. The van der Waals surface area contributed by atoms with Gasteiger partial charge in [0.2, 0.25) is 5.91 Å². The Labute approximate surface area is 146 Å². The molecule has 0 spiro atoms. The lowest BCUT2D eigenvalue weighted by Gasteiger charge is -2.18. The number of carbonyl (C=O) groups excluding carboxylic acids is 1. The molecule has 3 N–H and O–H groups in total. The highest BCUT2D eigenvalue weighted by Gasteiger charge is 2.26. The van der Waals surface area contributed by atoms with E-state index in [1.54, 1.807) is 20.8 Å². The largest absolute Gasteiger partial charge is 0.390 e. The SMILES string of the molecule is CCNC(=NCCC(F)(F)F)NCCNC(=O)C(C)(C)C.I. The zero-order valence-corrected chi connectivity index (χ0v) is 15.8. The van der Waals surface area contributed by atoms with Gasteiger partial charge in [-0.2, -0.15) is 13.2 Å². The van der Waals surface area contributed by atoms with Crippen LogP contribution in [0.15, 0.2) is 4.99 Å². The van der Waals surface area contributed by atoms with Crippen LogP contribution in [0, 0.1) is 5.41 Å². The molecule has 22 heavy (non-hydrogen) atoms. The van der Waals surface area contributed by atoms with Crippen LogP contribution >= 0.6 is 24.0 Å². The average molecular weight is 438 g/mol. The van der Waals surface area contributed by atoms with Crippen molar-refractivity contribution in [1.29, 1.82) is 0 Å². The number of nitrogens with one attached hydrogen (secondary N) is 3. The minimum atomic E-state index is -4.21. The number of aliphatic imine (C=N–C) groups is 1. The van der Waals surface area contributed by atoms with Gasteiger partial charge < -0.3 is 16.0 Å². The molecular formula is C13H26F3IN4O. The fourth-order valence-electron chi connectivity index (χ4n) is 1.26. The summed E-state index contributed by atoms with van der Waals surface area (Å²) in [7, 11) is 0. The standard InChI is InChI=1S/C13H25F3N4O.HI/c1-5-17-11(19-7-6-13(14,15)16)20-9-8-18-10(21)12(2,3)4;/h5-9H2,1-4H3,(H,18,21)(H2,17,19,20);1H. The van der Waals surface area contributed by atoms with E-state index in [2.05, 4.69) is 20.9 Å². The summed E-state index contributed by atoms with van der Waals surface area (Å²) >= 11 is 0. The van der Waals surface area contributed by atoms with Crippen molar-refractivity contribution in [2.45, 2.75) is 40.3 Å². The minimum Gasteiger partial charge on any atom is -0.357 e. The predicted octanol–water partition coefficient (Wildman–Crippen LogP) is 2.27. The predicted molar refractivity (Wildman–Crippen MR) is 92.5 cm³/mol. The van der Waals surface area contributed by atoms with Crippen LogP contribution in [0.25, 0.3) is 0 Å². The monoisotopic (exact) mass is 438 g/mol. The maximum absolute atomic E-state index is 12.0. The highest BCUT2D eigenvalue weighted by atomic mass is 127. The molecule has 0 aliphatic carbocycles. The number of guanidine groups is 1. The molecule has 132 valence electrons. The summed E-state index contributed by atoms with van der Waals surface area (Å²) in [5.41, 5.74) is -0.467. The second kappa shape index (κ2) is 10.9. The Morgan fingerprint density at radius 1 is 1.05 bits per heavy atom. The van der Waals surface area contributed by atoms with Crippen LogP contribution < -0.4 is 16.0 Å². The van der Waals surface area contributed by atoms with E-state index in [-0.39, 0.29) is 36.4 Å². The molecule has 0 radical (unpaired) electrons. The molecule has 9 heteroatoms. The van der Waals surface area contributed by atoms with Crippen molar-refractivity contribution >= 4 is 35.8 Å². The number of hydrogen-bond donors (Lipinski definition) is 3. The first kappa shape index (κ1) is 23.5. The summed E-state index contributed by atoms with van der Waals surface area (Å²) in [6.07, 6.45) is -5.16. The molecule has 0 atom stereocenters. The van der Waals surface area contributed by atoms with Gasteiger partial charge in [-0.25, -0.2) is 0 Å². The summed E-state index contributed by atoms with van der Waals surface area (Å²) in [6.45, 7) is 8.22. The lowest BCUT2D eigenvalue weighted by Crippen LogP contribution is -2.43. The van der Waals surface area contributed by atoms with Gasteiger partial charge >= 0.3 is 6.18 Å². The Morgan fingerprint density at radius 3 is 2.05 bits per heavy atom. The van der Waals surface area contributed by atoms with Gasteiger partial charge in [0.25, 0.3) is 0 Å². The van der Waals surface area contributed by atoms with Crippen molar-refractivity contribution in [1.82, 2.24) is 16.0 Å². The number of carbonyl (C=O) groups is 1. The molecular weight excluding hydrogens is 412 g/mol. The molecule has 1 amide bonds. The number of hydrogen-bond acceptors (Lipinski definition) is 2. The normalized spacial score (nSPS) is 12.4. The molecule has 0 aromatic rings. The molecule has 0 bridgehead atoms. The first-order valence-corrected chi connectivity index (χ1v) is 6.93. The van der Waals surface area contributed by atoms with E-state index in [0.717, 1.165) is 0 Å². The van der Waals surface area contributed by atoms with Gasteiger partial charge in [-0.15, -0.1) is 24.0 Å². The second-order valence-corrected chi connectivity index (χ2v) is 5.56. The fourth-order valence-corrected chi connectivity index (χ4v) is 1.26. The van der Waals surface area contributed by atoms with Crippen LogP contribution in [-0.2, 0) is 4.79 Å². The third-order valence-corrected chi connectivity index (χ3v) is 2.39. The number of halogens is 4. The number of nitrogens with zero attached hydrogens (tertiary/aromatic N) is 1. The molecule has 0 saturated heterocycles. The van der Waals surface area contributed by atoms with Crippen LogP contribution in [0.3, 0.4) is 0 Å². The topological polar surface area (TPSA) is 65.5 Å². The molecule has 0 rings (SSSR count). The number of amides is 1. The van der Waals surface area contributed by atoms with E-state index in [9.17, 15) is 18.0 Å². The van der Waals surface area contributed by atoms with E-state index in [1.165, 1.54) is 0 Å². The Bertz CT molecular complexity index is 354. The highest BCUT2D eigenvalue weighted by molar-refractivity contribution is 14.0. The fraction of sp³-hybridized carbons (Fsp3) is 0.846. The lowest BCUT2D eigenvalue weighted by atomic mass is 9.96. The number of alkyl halides is 3. The van der Waals surface area contributed by atoms with Crippen LogP contribution in [0.1, 0.15) is 34.1 Å². The van der Waals surface area contributed by atoms with Gasteiger partial charge in [-0.3, -0.25) is 9.79 Å². The highest BCUT2D eigenvalue weighted by Crippen LogP contribution is 2.18. The van der Waals surface area contributed by atoms with Gasteiger partial charge in [0.05, 0.1) is 13.0 Å². The summed E-state index contributed by atoms with van der Waals surface area (Å²) in [5.74, 6) is 0.232. The molecule has 0 aromatic carbocycles. The van der Waals surface area contributed by atoms with Gasteiger partial charge in [0, 0.05) is 25.0 Å². The van der Waals surface area contributed by atoms with E-state index in [0.29, 0.717) is 25.6 Å². The molecule has 0 aliphatic rings. The molecule has 5 nitrogen and oxygen atoms in total. The lowest BCUT2D eigenvalue weighted by molar-refractivity contribution is -0.132. The Balaban J connectivity index is 0. The Kier molecular flexibility index (Phi) is 11.7. The molecule has 0 saturated carbocycles. The van der Waals surface area contributed by atoms with Crippen molar-refractivity contribution < 1.29 is 18.0 Å². The van der Waals surface area contributed by atoms with E-state index < -0.39 is 18.0 Å². The molecule has 0 aromatic heterocycles. The van der Waals surface area contributed by atoms with E-state index >= 15 is 0 Å². The number of rotatable bonds is 6. The van der Waals surface area contributed by atoms with Crippen molar-refractivity contribution in [2.75, 3.05) is 26.2 Å². The Morgan fingerprint density at radius 2 is 1.59 bits per heavy atom. The van der Waals surface area contributed by atoms with E-state index in [4.69, 9.17) is 0 Å². The zero-order valence-electron chi connectivity index (χ0n) is 13.4. The summed E-state index contributed by atoms with van der Waals surface area (Å²) < 4.78 is 36.1. The molecule has 0 unspecified atom stereocenters. The molecule has 0 aliphatic heterocycles. The van der Waals surface area contributed by atoms with Crippen molar-refractivity contribution in [3.05, 3.63) is 0 Å².